The molecule has 2 unspecified atom stereocenters. The van der Waals surface area contributed by atoms with Crippen LogP contribution in [0.3, 0.4) is 0 Å². The highest BCUT2D eigenvalue weighted by atomic mass is 35.5. The predicted molar refractivity (Wildman–Crippen MR) is 118 cm³/mol. The lowest BCUT2D eigenvalue weighted by molar-refractivity contribution is -0.141. The third kappa shape index (κ3) is 6.18. The smallest absolute Gasteiger partial charge is 0.363 e. The summed E-state index contributed by atoms with van der Waals surface area (Å²) in [6, 6.07) is 10.7. The summed E-state index contributed by atoms with van der Waals surface area (Å²) in [6.45, 7) is 0. The van der Waals surface area contributed by atoms with Gasteiger partial charge in [-0.05, 0) is 35.4 Å². The molecule has 0 saturated carbocycles. The number of esters is 1. The minimum atomic E-state index is -4.04. The molecule has 9 nitrogen and oxygen atoms in total. The van der Waals surface area contributed by atoms with Crippen molar-refractivity contribution in [3.05, 3.63) is 70.3 Å². The van der Waals surface area contributed by atoms with E-state index in [9.17, 15) is 24.4 Å². The summed E-state index contributed by atoms with van der Waals surface area (Å²) in [5, 5.41) is 22.1. The molecule has 0 aliphatic heterocycles. The van der Waals surface area contributed by atoms with E-state index in [1.54, 1.807) is 18.2 Å². The first-order valence-corrected chi connectivity index (χ1v) is 11.2. The summed E-state index contributed by atoms with van der Waals surface area (Å²) < 4.78 is 26.8. The van der Waals surface area contributed by atoms with Crippen molar-refractivity contribution in [2.45, 2.75) is 11.9 Å². The van der Waals surface area contributed by atoms with Crippen molar-refractivity contribution in [3.8, 4) is 5.75 Å². The molecule has 0 fully saturated rings. The summed E-state index contributed by atoms with van der Waals surface area (Å²) >= 11 is 6.21. The van der Waals surface area contributed by atoms with Crippen molar-refractivity contribution in [1.29, 1.82) is 0 Å². The van der Waals surface area contributed by atoms with E-state index in [0.29, 0.717) is 11.1 Å². The molecule has 2 aromatic carbocycles. The van der Waals surface area contributed by atoms with Gasteiger partial charge < -0.3 is 29.3 Å². The minimum absolute atomic E-state index is 0.0157. The minimum Gasteiger partial charge on any atom is -0.508 e. The van der Waals surface area contributed by atoms with Crippen LogP contribution in [0.2, 0.25) is 5.02 Å². The average Bonchev–Trinajstić information content (AvgIpc) is 2.79. The Morgan fingerprint density at radius 1 is 1.12 bits per heavy atom. The number of halogens is 1. The molecule has 0 aliphatic rings. The monoisotopic (exact) mass is 483 g/mol. The number of amides is 1. The largest absolute Gasteiger partial charge is 0.508 e. The number of phenols is 1. The van der Waals surface area contributed by atoms with Gasteiger partial charge in [0.05, 0.1) is 23.8 Å². The van der Waals surface area contributed by atoms with E-state index in [2.05, 4.69) is 10.1 Å². The van der Waals surface area contributed by atoms with Crippen LogP contribution in [0.4, 0.5) is 0 Å². The summed E-state index contributed by atoms with van der Waals surface area (Å²) in [4.78, 5) is 24.7. The van der Waals surface area contributed by atoms with Crippen LogP contribution in [0.5, 0.6) is 5.75 Å². The second-order valence-electron chi connectivity index (χ2n) is 6.44. The molecule has 0 aliphatic carbocycles. The van der Waals surface area contributed by atoms with Crippen molar-refractivity contribution < 1.29 is 38.2 Å². The van der Waals surface area contributed by atoms with Crippen molar-refractivity contribution in [2.75, 3.05) is 21.3 Å². The van der Waals surface area contributed by atoms with Gasteiger partial charge in [0.25, 0.3) is 5.91 Å². The molecule has 172 valence electrons. The Hall–Kier alpha value is -2.68. The second-order valence-corrected chi connectivity index (χ2v) is 9.18. The third-order valence-corrected chi connectivity index (χ3v) is 6.74. The number of aliphatic hydroxyl groups is 1. The van der Waals surface area contributed by atoms with Crippen molar-refractivity contribution >= 4 is 37.1 Å². The highest BCUT2D eigenvalue weighted by Gasteiger charge is 2.42. The molecule has 2 atom stereocenters. The Morgan fingerprint density at radius 2 is 1.81 bits per heavy atom. The fourth-order valence-corrected chi connectivity index (χ4v) is 4.19. The maximum Gasteiger partial charge on any atom is 0.363 e. The average molecular weight is 484 g/mol. The second kappa shape index (κ2) is 11.3. The van der Waals surface area contributed by atoms with Crippen molar-refractivity contribution in [2.24, 2.45) is 0 Å². The van der Waals surface area contributed by atoms with Crippen LogP contribution in [-0.2, 0) is 23.1 Å². The zero-order valence-electron chi connectivity index (χ0n) is 17.5. The van der Waals surface area contributed by atoms with Crippen molar-refractivity contribution in [1.82, 2.24) is 5.32 Å². The standard InChI is InChI=1S/C21H23ClNO8P/c1-29-21(27)20(32(28,30-2)31-3)23-19(26)16-9-8-14(12-17(16)22)18(25)10-7-13-5-4-6-15(24)11-13/h4-12,18,20,24-25H,1-3H3,(H,23,26)/b10-7+. The fourth-order valence-electron chi connectivity index (χ4n) is 2.71. The van der Waals surface area contributed by atoms with Gasteiger partial charge in [0.15, 0.2) is 0 Å². The molecule has 1 amide bonds. The number of hydrogen-bond acceptors (Lipinski definition) is 8. The van der Waals surface area contributed by atoms with E-state index in [1.807, 2.05) is 0 Å². The van der Waals surface area contributed by atoms with Gasteiger partial charge in [0, 0.05) is 14.2 Å². The van der Waals surface area contributed by atoms with Gasteiger partial charge >= 0.3 is 13.6 Å². The number of phenolic OH excluding ortho intramolecular Hbond substituents is 1. The maximum absolute atomic E-state index is 12.7. The van der Waals surface area contributed by atoms with E-state index in [4.69, 9.17) is 20.6 Å². The predicted octanol–water partition coefficient (Wildman–Crippen LogP) is 3.51. The normalized spacial score (nSPS) is 13.5. The quantitative estimate of drug-likeness (QED) is 0.365. The summed E-state index contributed by atoms with van der Waals surface area (Å²) in [6.07, 6.45) is 2.06. The number of aromatic hydroxyl groups is 1. The zero-order valence-corrected chi connectivity index (χ0v) is 19.2. The highest BCUT2D eigenvalue weighted by Crippen LogP contribution is 2.51. The zero-order chi connectivity index (χ0) is 23.9. The van der Waals surface area contributed by atoms with Crippen molar-refractivity contribution in [3.63, 3.8) is 0 Å². The van der Waals surface area contributed by atoms with E-state index in [-0.39, 0.29) is 16.3 Å². The lowest BCUT2D eigenvalue weighted by Crippen LogP contribution is -2.42. The van der Waals surface area contributed by atoms with Gasteiger partial charge in [0.1, 0.15) is 5.75 Å². The van der Waals surface area contributed by atoms with Gasteiger partial charge in [-0.2, -0.15) is 0 Å². The lowest BCUT2D eigenvalue weighted by Gasteiger charge is -2.23. The van der Waals surface area contributed by atoms with Crippen LogP contribution >= 0.6 is 19.2 Å². The molecular formula is C21H23ClNO8P. The molecule has 2 rings (SSSR count). The topological polar surface area (TPSA) is 131 Å². The number of hydrogen-bond donors (Lipinski definition) is 3. The van der Waals surface area contributed by atoms with E-state index < -0.39 is 31.4 Å². The Labute approximate surface area is 190 Å². The number of rotatable bonds is 9. The fraction of sp³-hybridized carbons (Fsp3) is 0.238. The first-order chi connectivity index (χ1) is 15.1. The molecule has 11 heteroatoms. The Balaban J connectivity index is 2.21. The first-order valence-electron chi connectivity index (χ1n) is 9.19. The van der Waals surface area contributed by atoms with Gasteiger partial charge in [-0.15, -0.1) is 0 Å². The number of methoxy groups -OCH3 is 1. The van der Waals surface area contributed by atoms with Crippen LogP contribution in [0.15, 0.2) is 48.5 Å². The number of aliphatic hydroxyl groups excluding tert-OH is 1. The summed E-state index contributed by atoms with van der Waals surface area (Å²) in [7, 11) is -0.838. The maximum atomic E-state index is 12.7. The highest BCUT2D eigenvalue weighted by molar-refractivity contribution is 7.55. The molecule has 0 saturated heterocycles. The van der Waals surface area contributed by atoms with Gasteiger partial charge in [-0.1, -0.05) is 42.0 Å². The number of ether oxygens (including phenoxy) is 1. The molecule has 0 aromatic heterocycles. The molecule has 2 aromatic rings. The molecule has 0 spiro atoms. The Morgan fingerprint density at radius 3 is 2.38 bits per heavy atom. The Kier molecular flexibility index (Phi) is 9.00. The molecule has 3 N–H and O–H groups in total. The van der Waals surface area contributed by atoms with E-state index in [0.717, 1.165) is 21.3 Å². The molecule has 0 heterocycles. The van der Waals surface area contributed by atoms with E-state index >= 15 is 0 Å². The summed E-state index contributed by atoms with van der Waals surface area (Å²) in [5.41, 5.74) is 1.04. The van der Waals surface area contributed by atoms with Gasteiger partial charge in [-0.3, -0.25) is 9.36 Å². The first kappa shape index (κ1) is 25.6. The van der Waals surface area contributed by atoms with Gasteiger partial charge in [0.2, 0.25) is 5.78 Å². The lowest BCUT2D eigenvalue weighted by atomic mass is 10.0. The van der Waals surface area contributed by atoms with Crippen LogP contribution in [0.25, 0.3) is 6.08 Å². The van der Waals surface area contributed by atoms with Crippen LogP contribution < -0.4 is 5.32 Å². The Bertz CT molecular complexity index is 1050. The molecule has 0 bridgehead atoms. The third-order valence-electron chi connectivity index (χ3n) is 4.44. The SMILES string of the molecule is COC(=O)C(NC(=O)c1ccc(C(O)/C=C/c2cccc(O)c2)cc1Cl)P(=O)(OC)OC. The van der Waals surface area contributed by atoms with Crippen LogP contribution in [0, 0.1) is 0 Å². The summed E-state index contributed by atoms with van der Waals surface area (Å²) in [5.74, 6) is -3.46. The molecule has 32 heavy (non-hydrogen) atoms. The number of nitrogens with one attached hydrogen (secondary N) is 1. The number of carbonyl (C=O) groups excluding carboxylic acids is 2. The van der Waals surface area contributed by atoms with Crippen LogP contribution in [0.1, 0.15) is 27.6 Å². The molecular weight excluding hydrogens is 461 g/mol. The molecule has 0 radical (unpaired) electrons. The van der Waals surface area contributed by atoms with Crippen LogP contribution in [-0.4, -0.2) is 49.2 Å². The van der Waals surface area contributed by atoms with Gasteiger partial charge in [-0.25, -0.2) is 4.79 Å². The number of carbonyl (C=O) groups is 2. The number of benzene rings is 2. The van der Waals surface area contributed by atoms with E-state index in [1.165, 1.54) is 36.4 Å².